The van der Waals surface area contributed by atoms with Crippen LogP contribution in [0.5, 0.6) is 5.75 Å². The van der Waals surface area contributed by atoms with Crippen molar-refractivity contribution in [3.63, 3.8) is 0 Å². The molecule has 0 saturated heterocycles. The van der Waals surface area contributed by atoms with Crippen LogP contribution >= 0.6 is 0 Å². The summed E-state index contributed by atoms with van der Waals surface area (Å²) in [5, 5.41) is 0. The zero-order valence-corrected chi connectivity index (χ0v) is 11.9. The van der Waals surface area contributed by atoms with Gasteiger partial charge < -0.3 is 14.9 Å². The highest BCUT2D eigenvalue weighted by Crippen LogP contribution is 2.27. The van der Waals surface area contributed by atoms with Crippen LogP contribution in [0.1, 0.15) is 34.2 Å². The second-order valence-electron chi connectivity index (χ2n) is 4.85. The number of hydrogen-bond donors (Lipinski definition) is 1. The molecule has 0 aromatic carbocycles. The summed E-state index contributed by atoms with van der Waals surface area (Å²) in [6.45, 7) is 5.91. The van der Waals surface area contributed by atoms with E-state index in [-0.39, 0.29) is 6.04 Å². The van der Waals surface area contributed by atoms with E-state index in [0.717, 1.165) is 33.9 Å². The number of pyridine rings is 1. The number of aryl methyl sites for hydroxylation is 2. The predicted molar refractivity (Wildman–Crippen MR) is 74.3 cm³/mol. The van der Waals surface area contributed by atoms with Crippen LogP contribution in [-0.4, -0.2) is 12.1 Å². The summed E-state index contributed by atoms with van der Waals surface area (Å²) in [4.78, 5) is 4.47. The Hall–Kier alpha value is -1.81. The third kappa shape index (κ3) is 2.79. The smallest absolute Gasteiger partial charge is 0.128 e. The summed E-state index contributed by atoms with van der Waals surface area (Å²) in [7, 11) is 1.68. The lowest BCUT2D eigenvalue weighted by Gasteiger charge is -2.14. The van der Waals surface area contributed by atoms with Crippen LogP contribution in [0, 0.1) is 20.8 Å². The number of aromatic nitrogens is 1. The molecule has 1 unspecified atom stereocenters. The van der Waals surface area contributed by atoms with Crippen LogP contribution in [0.2, 0.25) is 0 Å². The van der Waals surface area contributed by atoms with E-state index in [2.05, 4.69) is 4.98 Å². The van der Waals surface area contributed by atoms with E-state index >= 15 is 0 Å². The first-order valence-electron chi connectivity index (χ1n) is 6.32. The van der Waals surface area contributed by atoms with E-state index in [1.807, 2.05) is 33.0 Å². The van der Waals surface area contributed by atoms with Crippen LogP contribution < -0.4 is 10.5 Å². The first-order valence-corrected chi connectivity index (χ1v) is 6.32. The number of rotatable bonds is 4. The largest absolute Gasteiger partial charge is 0.496 e. The van der Waals surface area contributed by atoms with Crippen LogP contribution in [-0.2, 0) is 6.42 Å². The van der Waals surface area contributed by atoms with Crippen molar-refractivity contribution in [2.45, 2.75) is 33.2 Å². The second-order valence-corrected chi connectivity index (χ2v) is 4.85. The summed E-state index contributed by atoms with van der Waals surface area (Å²) >= 11 is 0. The monoisotopic (exact) mass is 260 g/mol. The molecule has 0 aliphatic heterocycles. The number of hydrogen-bond acceptors (Lipinski definition) is 4. The Morgan fingerprint density at radius 1 is 1.37 bits per heavy atom. The van der Waals surface area contributed by atoms with E-state index in [0.29, 0.717) is 6.42 Å². The van der Waals surface area contributed by atoms with Gasteiger partial charge in [0.05, 0.1) is 13.4 Å². The zero-order chi connectivity index (χ0) is 14.0. The Morgan fingerprint density at radius 3 is 2.68 bits per heavy atom. The van der Waals surface area contributed by atoms with E-state index < -0.39 is 0 Å². The molecule has 4 heteroatoms. The average molecular weight is 260 g/mol. The highest BCUT2D eigenvalue weighted by molar-refractivity contribution is 5.41. The molecule has 2 N–H and O–H groups in total. The van der Waals surface area contributed by atoms with Gasteiger partial charge in [0.15, 0.2) is 0 Å². The lowest BCUT2D eigenvalue weighted by molar-refractivity contribution is 0.406. The summed E-state index contributed by atoms with van der Waals surface area (Å²) in [5.41, 5.74) is 10.3. The van der Waals surface area contributed by atoms with E-state index in [4.69, 9.17) is 14.9 Å². The van der Waals surface area contributed by atoms with Crippen molar-refractivity contribution in [1.29, 1.82) is 0 Å². The highest BCUT2D eigenvalue weighted by atomic mass is 16.5. The minimum Gasteiger partial charge on any atom is -0.496 e. The maximum atomic E-state index is 6.20. The van der Waals surface area contributed by atoms with Crippen molar-refractivity contribution < 1.29 is 9.15 Å². The first-order chi connectivity index (χ1) is 9.02. The Balaban J connectivity index is 2.24. The molecular formula is C15H20N2O2. The van der Waals surface area contributed by atoms with Crippen molar-refractivity contribution in [3.8, 4) is 5.75 Å². The van der Waals surface area contributed by atoms with E-state index in [1.165, 1.54) is 0 Å². The van der Waals surface area contributed by atoms with Gasteiger partial charge in [-0.05, 0) is 26.8 Å². The molecule has 0 saturated carbocycles. The highest BCUT2D eigenvalue weighted by Gasteiger charge is 2.15. The summed E-state index contributed by atoms with van der Waals surface area (Å²) in [6, 6.07) is 1.85. The number of ether oxygens (including phenoxy) is 1. The predicted octanol–water partition coefficient (Wildman–Crippen LogP) is 2.85. The van der Waals surface area contributed by atoms with Crippen LogP contribution in [0.3, 0.4) is 0 Å². The first kappa shape index (κ1) is 13.6. The average Bonchev–Trinajstić information content (AvgIpc) is 2.80. The van der Waals surface area contributed by atoms with Crippen molar-refractivity contribution in [1.82, 2.24) is 4.98 Å². The van der Waals surface area contributed by atoms with Gasteiger partial charge in [0.25, 0.3) is 0 Å². The molecule has 0 aliphatic rings. The van der Waals surface area contributed by atoms with Crippen molar-refractivity contribution in [2.75, 3.05) is 7.11 Å². The molecule has 0 bridgehead atoms. The molecule has 0 radical (unpaired) electrons. The quantitative estimate of drug-likeness (QED) is 0.918. The minimum atomic E-state index is -0.115. The van der Waals surface area contributed by atoms with E-state index in [9.17, 15) is 0 Å². The molecule has 4 nitrogen and oxygen atoms in total. The molecule has 0 aliphatic carbocycles. The molecule has 0 fully saturated rings. The van der Waals surface area contributed by atoms with Crippen molar-refractivity contribution in [3.05, 3.63) is 46.7 Å². The molecule has 19 heavy (non-hydrogen) atoms. The summed E-state index contributed by atoms with van der Waals surface area (Å²) < 4.78 is 10.7. The molecule has 2 aromatic heterocycles. The van der Waals surface area contributed by atoms with Gasteiger partial charge in [0.2, 0.25) is 0 Å². The lowest BCUT2D eigenvalue weighted by Crippen LogP contribution is -2.14. The third-order valence-electron chi connectivity index (χ3n) is 3.34. The second kappa shape index (κ2) is 5.45. The minimum absolute atomic E-state index is 0.115. The number of furan rings is 1. The van der Waals surface area contributed by atoms with Crippen molar-refractivity contribution >= 4 is 0 Å². The van der Waals surface area contributed by atoms with Crippen LogP contribution in [0.4, 0.5) is 0 Å². The van der Waals surface area contributed by atoms with Gasteiger partial charge in [0.1, 0.15) is 11.5 Å². The standard InChI is InChI=1S/C15H20N2O2/c1-9-7-17-14(11(3)15(9)18-4)6-13(16)12-5-10(2)19-8-12/h5,7-8,13H,6,16H2,1-4H3. The van der Waals surface area contributed by atoms with E-state index in [1.54, 1.807) is 13.4 Å². The molecule has 0 amide bonds. The van der Waals surface area contributed by atoms with Gasteiger partial charge in [-0.25, -0.2) is 0 Å². The zero-order valence-electron chi connectivity index (χ0n) is 11.9. The van der Waals surface area contributed by atoms with Gasteiger partial charge in [-0.1, -0.05) is 0 Å². The number of nitrogens with two attached hydrogens (primary N) is 1. The van der Waals surface area contributed by atoms with Gasteiger partial charge in [-0.15, -0.1) is 0 Å². The fourth-order valence-corrected chi connectivity index (χ4v) is 2.26. The molecule has 0 spiro atoms. The number of nitrogens with zero attached hydrogens (tertiary/aromatic N) is 1. The van der Waals surface area contributed by atoms with Crippen molar-refractivity contribution in [2.24, 2.45) is 5.73 Å². The normalized spacial score (nSPS) is 12.5. The fourth-order valence-electron chi connectivity index (χ4n) is 2.26. The van der Waals surface area contributed by atoms with Crippen LogP contribution in [0.15, 0.2) is 22.9 Å². The van der Waals surface area contributed by atoms with Gasteiger partial charge in [0, 0.05) is 41.0 Å². The Kier molecular flexibility index (Phi) is 3.90. The molecule has 102 valence electrons. The maximum Gasteiger partial charge on any atom is 0.128 e. The van der Waals surface area contributed by atoms with Gasteiger partial charge >= 0.3 is 0 Å². The Bertz CT molecular complexity index is 576. The molecule has 2 rings (SSSR count). The molecule has 2 aromatic rings. The van der Waals surface area contributed by atoms with Gasteiger partial charge in [-0.3, -0.25) is 4.98 Å². The Morgan fingerprint density at radius 2 is 2.11 bits per heavy atom. The fraction of sp³-hybridized carbons (Fsp3) is 0.400. The lowest BCUT2D eigenvalue weighted by atomic mass is 10.0. The molecule has 2 heterocycles. The number of methoxy groups -OCH3 is 1. The summed E-state index contributed by atoms with van der Waals surface area (Å²) in [5.74, 6) is 1.76. The third-order valence-corrected chi connectivity index (χ3v) is 3.34. The SMILES string of the molecule is COc1c(C)cnc(CC(N)c2coc(C)c2)c1C. The summed E-state index contributed by atoms with van der Waals surface area (Å²) in [6.07, 6.45) is 4.21. The topological polar surface area (TPSA) is 61.3 Å². The van der Waals surface area contributed by atoms with Gasteiger partial charge in [-0.2, -0.15) is 0 Å². The van der Waals surface area contributed by atoms with Crippen LogP contribution in [0.25, 0.3) is 0 Å². The molecule has 1 atom stereocenters. The Labute approximate surface area is 113 Å². The maximum absolute atomic E-state index is 6.20. The molecular weight excluding hydrogens is 240 g/mol.